The number of para-hydroxylation sites is 2. The summed E-state index contributed by atoms with van der Waals surface area (Å²) < 4.78 is 10.4. The fraction of sp³-hybridized carbons (Fsp3) is 0.375. The van der Waals surface area contributed by atoms with E-state index < -0.39 is 29.7 Å². The Balaban J connectivity index is 1.94. The van der Waals surface area contributed by atoms with Gasteiger partial charge in [-0.15, -0.1) is 0 Å². The van der Waals surface area contributed by atoms with Crippen LogP contribution in [0.25, 0.3) is 0 Å². The zero-order chi connectivity index (χ0) is 17.3. The highest BCUT2D eigenvalue weighted by molar-refractivity contribution is 6.46. The summed E-state index contributed by atoms with van der Waals surface area (Å²) in [6.07, 6.45) is 0. The van der Waals surface area contributed by atoms with Crippen LogP contribution < -0.4 is 15.1 Å². The van der Waals surface area contributed by atoms with Crippen LogP contribution in [0.1, 0.15) is 13.8 Å². The van der Waals surface area contributed by atoms with E-state index in [9.17, 15) is 14.4 Å². The maximum absolute atomic E-state index is 12.8. The fourth-order valence-electron chi connectivity index (χ4n) is 2.82. The highest BCUT2D eigenvalue weighted by Gasteiger charge is 2.56. The predicted molar refractivity (Wildman–Crippen MR) is 84.6 cm³/mol. The van der Waals surface area contributed by atoms with Crippen molar-refractivity contribution < 1.29 is 23.9 Å². The van der Waals surface area contributed by atoms with Crippen LogP contribution in [0.15, 0.2) is 29.4 Å². The van der Waals surface area contributed by atoms with Crippen molar-refractivity contribution in [3.05, 3.63) is 24.3 Å². The van der Waals surface area contributed by atoms with Gasteiger partial charge >= 0.3 is 5.97 Å². The van der Waals surface area contributed by atoms with E-state index in [0.717, 1.165) is 4.90 Å². The molecule has 3 rings (SSSR count). The summed E-state index contributed by atoms with van der Waals surface area (Å²) >= 11 is 0. The molecule has 126 valence electrons. The van der Waals surface area contributed by atoms with E-state index in [0.29, 0.717) is 18.0 Å². The number of carbonyl (C=O) groups excluding carboxylic acids is 3. The molecule has 2 aliphatic heterocycles. The minimum Gasteiger partial charge on any atom is -0.492 e. The van der Waals surface area contributed by atoms with Gasteiger partial charge in [0.05, 0.1) is 18.9 Å². The molecule has 2 atom stereocenters. The number of ether oxygens (including phenoxy) is 2. The molecule has 0 saturated carbocycles. The number of hydrogen-bond acceptors (Lipinski definition) is 7. The van der Waals surface area contributed by atoms with E-state index in [1.165, 1.54) is 0 Å². The van der Waals surface area contributed by atoms with Crippen LogP contribution in [0.4, 0.5) is 5.69 Å². The van der Waals surface area contributed by atoms with Crippen LogP contribution in [0.5, 0.6) is 5.75 Å². The number of nitrogens with one attached hydrogen (secondary N) is 1. The van der Waals surface area contributed by atoms with Crippen LogP contribution in [-0.2, 0) is 19.1 Å². The molecule has 1 aromatic rings. The smallest absolute Gasteiger partial charge is 0.355 e. The summed E-state index contributed by atoms with van der Waals surface area (Å²) in [5.41, 5.74) is 2.86. The minimum absolute atomic E-state index is 0.0726. The summed E-state index contributed by atoms with van der Waals surface area (Å²) in [5, 5.41) is 3.82. The lowest BCUT2D eigenvalue weighted by molar-refractivity contribution is -0.136. The van der Waals surface area contributed by atoms with Crippen molar-refractivity contribution in [3.63, 3.8) is 0 Å². The summed E-state index contributed by atoms with van der Waals surface area (Å²) in [5.74, 6) is -2.24. The molecule has 0 aromatic heterocycles. The van der Waals surface area contributed by atoms with Crippen LogP contribution in [-0.4, -0.2) is 42.8 Å². The average Bonchev–Trinajstić information content (AvgIpc) is 3.10. The second kappa shape index (κ2) is 6.31. The number of fused-ring (bicyclic) bond motifs is 1. The molecule has 2 unspecified atom stereocenters. The normalized spacial score (nSPS) is 22.1. The van der Waals surface area contributed by atoms with Gasteiger partial charge in [-0.25, -0.2) is 9.69 Å². The molecule has 2 heterocycles. The van der Waals surface area contributed by atoms with Gasteiger partial charge in [0, 0.05) is 0 Å². The standard InChI is InChI=1S/C16H17N3O5/c1-3-23-10-8-6-5-7-9(10)19-14(20)11-12(15(19)21)17-18-13(11)16(22)24-4-2/h5-8,11-12,17H,3-4H2,1-2H3. The first-order valence-electron chi connectivity index (χ1n) is 7.70. The second-order valence-electron chi connectivity index (χ2n) is 5.21. The topological polar surface area (TPSA) is 97.3 Å². The SMILES string of the molecule is CCOC(=O)C1=NNC2C(=O)N(c3ccccc3OCC)C(=O)C12. The Morgan fingerprint density at radius 1 is 1.21 bits per heavy atom. The average molecular weight is 331 g/mol. The van der Waals surface area contributed by atoms with Crippen molar-refractivity contribution in [1.29, 1.82) is 0 Å². The van der Waals surface area contributed by atoms with Crippen LogP contribution in [0.2, 0.25) is 0 Å². The molecule has 0 radical (unpaired) electrons. The minimum atomic E-state index is -0.980. The van der Waals surface area contributed by atoms with Crippen LogP contribution >= 0.6 is 0 Å². The van der Waals surface area contributed by atoms with Crippen molar-refractivity contribution in [1.82, 2.24) is 5.43 Å². The Hall–Kier alpha value is -2.90. The number of esters is 1. The number of rotatable bonds is 5. The van der Waals surface area contributed by atoms with Gasteiger partial charge in [-0.2, -0.15) is 5.10 Å². The first kappa shape index (κ1) is 16.0. The van der Waals surface area contributed by atoms with Gasteiger partial charge in [-0.3, -0.25) is 15.0 Å². The molecule has 1 fully saturated rings. The Kier molecular flexibility index (Phi) is 4.20. The van der Waals surface area contributed by atoms with E-state index in [1.54, 1.807) is 31.2 Å². The first-order valence-corrected chi connectivity index (χ1v) is 7.70. The number of hydrazone groups is 1. The molecule has 0 spiro atoms. The second-order valence-corrected chi connectivity index (χ2v) is 5.21. The van der Waals surface area contributed by atoms with Gasteiger partial charge in [0.2, 0.25) is 5.91 Å². The molecule has 0 bridgehead atoms. The van der Waals surface area contributed by atoms with Gasteiger partial charge < -0.3 is 9.47 Å². The molecule has 1 saturated heterocycles. The number of nitrogens with zero attached hydrogens (tertiary/aromatic N) is 2. The predicted octanol–water partition coefficient (Wildman–Crippen LogP) is 0.466. The number of benzene rings is 1. The van der Waals surface area contributed by atoms with Crippen LogP contribution in [0.3, 0.4) is 0 Å². The summed E-state index contributed by atoms with van der Waals surface area (Å²) in [6, 6.07) is 5.88. The fourth-order valence-corrected chi connectivity index (χ4v) is 2.82. The van der Waals surface area contributed by atoms with Gasteiger partial charge in [-0.05, 0) is 26.0 Å². The van der Waals surface area contributed by atoms with E-state index >= 15 is 0 Å². The molecule has 24 heavy (non-hydrogen) atoms. The number of amides is 2. The number of imide groups is 1. The maximum Gasteiger partial charge on any atom is 0.355 e. The van der Waals surface area contributed by atoms with Crippen molar-refractivity contribution in [3.8, 4) is 5.75 Å². The van der Waals surface area contributed by atoms with Crippen molar-refractivity contribution in [2.45, 2.75) is 19.9 Å². The lowest BCUT2D eigenvalue weighted by atomic mass is 9.99. The highest BCUT2D eigenvalue weighted by atomic mass is 16.5. The lowest BCUT2D eigenvalue weighted by Crippen LogP contribution is -2.36. The molecule has 1 aromatic carbocycles. The van der Waals surface area contributed by atoms with Crippen molar-refractivity contribution >= 4 is 29.2 Å². The Morgan fingerprint density at radius 3 is 2.67 bits per heavy atom. The maximum atomic E-state index is 12.8. The lowest BCUT2D eigenvalue weighted by Gasteiger charge is -2.19. The largest absolute Gasteiger partial charge is 0.492 e. The Labute approximate surface area is 138 Å². The van der Waals surface area contributed by atoms with Gasteiger partial charge in [0.15, 0.2) is 5.71 Å². The third-order valence-electron chi connectivity index (χ3n) is 3.82. The monoisotopic (exact) mass is 331 g/mol. The Bertz CT molecular complexity index is 730. The molecule has 1 N–H and O–H groups in total. The summed E-state index contributed by atoms with van der Waals surface area (Å²) in [4.78, 5) is 38.4. The van der Waals surface area contributed by atoms with Crippen molar-refractivity contribution in [2.75, 3.05) is 18.1 Å². The zero-order valence-corrected chi connectivity index (χ0v) is 13.3. The van der Waals surface area contributed by atoms with Gasteiger partial charge in [-0.1, -0.05) is 12.1 Å². The Morgan fingerprint density at radius 2 is 1.96 bits per heavy atom. The molecular weight excluding hydrogens is 314 g/mol. The molecule has 8 heteroatoms. The van der Waals surface area contributed by atoms with Gasteiger partial charge in [0.25, 0.3) is 5.91 Å². The molecule has 2 aliphatic rings. The highest BCUT2D eigenvalue weighted by Crippen LogP contribution is 2.36. The molecular formula is C16H17N3O5. The molecule has 8 nitrogen and oxygen atoms in total. The molecule has 0 aliphatic carbocycles. The van der Waals surface area contributed by atoms with E-state index in [1.807, 2.05) is 6.92 Å². The quantitative estimate of drug-likeness (QED) is 0.622. The third-order valence-corrected chi connectivity index (χ3v) is 3.82. The van der Waals surface area contributed by atoms with Crippen molar-refractivity contribution in [2.24, 2.45) is 11.0 Å². The van der Waals surface area contributed by atoms with E-state index in [2.05, 4.69) is 10.5 Å². The van der Waals surface area contributed by atoms with Crippen LogP contribution in [0, 0.1) is 5.92 Å². The first-order chi connectivity index (χ1) is 11.6. The van der Waals surface area contributed by atoms with E-state index in [4.69, 9.17) is 9.47 Å². The number of carbonyl (C=O) groups is 3. The van der Waals surface area contributed by atoms with Gasteiger partial charge in [0.1, 0.15) is 17.7 Å². The molecule has 2 amide bonds. The number of anilines is 1. The number of hydrogen-bond donors (Lipinski definition) is 1. The zero-order valence-electron chi connectivity index (χ0n) is 13.3. The summed E-state index contributed by atoms with van der Waals surface area (Å²) in [6.45, 7) is 4.03. The van der Waals surface area contributed by atoms with E-state index in [-0.39, 0.29) is 12.3 Å². The third kappa shape index (κ3) is 2.40. The summed E-state index contributed by atoms with van der Waals surface area (Å²) in [7, 11) is 0.